The number of hydrogen-bond donors (Lipinski definition) is 1. The molecule has 2 aromatic carbocycles. The Morgan fingerprint density at radius 2 is 1.42 bits per heavy atom. The Kier molecular flexibility index (Phi) is 7.46. The first kappa shape index (κ1) is 29.7. The molecule has 1 amide bonds. The number of amides is 1. The summed E-state index contributed by atoms with van der Waals surface area (Å²) in [5.74, 6) is -1.01. The van der Waals surface area contributed by atoms with Gasteiger partial charge in [-0.05, 0) is 72.7 Å². The molecule has 5 rings (SSSR count). The van der Waals surface area contributed by atoms with Gasteiger partial charge in [-0.2, -0.15) is 0 Å². The van der Waals surface area contributed by atoms with E-state index in [2.05, 4.69) is 5.43 Å². The van der Waals surface area contributed by atoms with Gasteiger partial charge in [0.15, 0.2) is 5.78 Å². The summed E-state index contributed by atoms with van der Waals surface area (Å²) in [6.07, 6.45) is 2.97. The monoisotopic (exact) mass is 582 g/mol. The Morgan fingerprint density at radius 3 is 2.02 bits per heavy atom. The van der Waals surface area contributed by atoms with Crippen LogP contribution in [0.25, 0.3) is 33.1 Å². The molecule has 3 heterocycles. The summed E-state index contributed by atoms with van der Waals surface area (Å²) >= 11 is 0. The van der Waals surface area contributed by atoms with Crippen LogP contribution in [0.2, 0.25) is 0 Å². The zero-order valence-electron chi connectivity index (χ0n) is 26.2. The number of nitrogens with zero attached hydrogens (tertiary/aromatic N) is 3. The van der Waals surface area contributed by atoms with Crippen LogP contribution in [0.15, 0.2) is 48.8 Å². The highest BCUT2D eigenvalue weighted by molar-refractivity contribution is 6.24. The lowest BCUT2D eigenvalue weighted by molar-refractivity contribution is 0.0520. The van der Waals surface area contributed by atoms with Crippen LogP contribution >= 0.6 is 0 Å². The minimum atomic E-state index is -0.773. The lowest BCUT2D eigenvalue weighted by atomic mass is 9.95. The van der Waals surface area contributed by atoms with E-state index in [1.165, 1.54) is 4.68 Å². The van der Waals surface area contributed by atoms with Gasteiger partial charge in [-0.25, -0.2) is 15.0 Å². The van der Waals surface area contributed by atoms with Gasteiger partial charge < -0.3 is 18.6 Å². The number of aryl methyl sites for hydroxylation is 4. The quantitative estimate of drug-likeness (QED) is 0.173. The van der Waals surface area contributed by atoms with Gasteiger partial charge in [-0.3, -0.25) is 9.47 Å². The largest absolute Gasteiger partial charge is 0.462 e. The van der Waals surface area contributed by atoms with Crippen molar-refractivity contribution in [1.82, 2.24) is 13.8 Å². The van der Waals surface area contributed by atoms with Gasteiger partial charge in [0, 0.05) is 59.4 Å². The van der Waals surface area contributed by atoms with E-state index in [4.69, 9.17) is 9.47 Å². The number of ketones is 1. The highest BCUT2D eigenvalue weighted by atomic mass is 16.6. The molecular formula is C34H38N4O5. The van der Waals surface area contributed by atoms with E-state index in [-0.39, 0.29) is 23.5 Å². The second kappa shape index (κ2) is 10.8. The Balaban J connectivity index is 1.89. The molecule has 0 aliphatic heterocycles. The van der Waals surface area contributed by atoms with Crippen molar-refractivity contribution in [3.8, 4) is 11.3 Å². The fourth-order valence-electron chi connectivity index (χ4n) is 5.67. The highest BCUT2D eigenvalue weighted by Gasteiger charge is 2.35. The molecular weight excluding hydrogens is 544 g/mol. The average Bonchev–Trinajstić information content (AvgIpc) is 3.51. The van der Waals surface area contributed by atoms with Gasteiger partial charge in [0.2, 0.25) is 0 Å². The molecule has 0 aliphatic carbocycles. The molecule has 0 atom stereocenters. The minimum Gasteiger partial charge on any atom is -0.462 e. The van der Waals surface area contributed by atoms with Crippen LogP contribution in [0.4, 0.5) is 4.79 Å². The third-order valence-corrected chi connectivity index (χ3v) is 7.51. The molecule has 0 aliphatic rings. The van der Waals surface area contributed by atoms with Gasteiger partial charge in [0.25, 0.3) is 0 Å². The first-order valence-corrected chi connectivity index (χ1v) is 14.3. The topological polar surface area (TPSA) is 96.5 Å². The summed E-state index contributed by atoms with van der Waals surface area (Å²) < 4.78 is 16.4. The number of ether oxygens (including phenoxy) is 2. The van der Waals surface area contributed by atoms with E-state index < -0.39 is 17.7 Å². The van der Waals surface area contributed by atoms with E-state index in [1.54, 1.807) is 40.8 Å². The molecule has 9 heteroatoms. The molecule has 0 bridgehead atoms. The maximum Gasteiger partial charge on any atom is 0.426 e. The van der Waals surface area contributed by atoms with Crippen molar-refractivity contribution in [2.75, 3.05) is 12.0 Å². The Labute approximate surface area is 251 Å². The van der Waals surface area contributed by atoms with Crippen LogP contribution in [0, 0.1) is 20.8 Å². The smallest absolute Gasteiger partial charge is 0.426 e. The first-order chi connectivity index (χ1) is 20.2. The molecule has 5 aromatic rings. The average molecular weight is 583 g/mol. The predicted molar refractivity (Wildman–Crippen MR) is 168 cm³/mol. The van der Waals surface area contributed by atoms with Crippen molar-refractivity contribution in [3.05, 3.63) is 82.3 Å². The molecule has 1 N–H and O–H groups in total. The van der Waals surface area contributed by atoms with Crippen molar-refractivity contribution in [2.24, 2.45) is 14.1 Å². The van der Waals surface area contributed by atoms with Crippen LogP contribution < -0.4 is 5.43 Å². The van der Waals surface area contributed by atoms with Crippen molar-refractivity contribution >= 4 is 39.7 Å². The summed E-state index contributed by atoms with van der Waals surface area (Å²) in [6, 6.07) is 12.0. The molecule has 0 fully saturated rings. The predicted octanol–water partition coefficient (Wildman–Crippen LogP) is 6.95. The normalized spacial score (nSPS) is 11.7. The Hall–Kier alpha value is -4.79. The van der Waals surface area contributed by atoms with Crippen molar-refractivity contribution in [3.63, 3.8) is 0 Å². The third-order valence-electron chi connectivity index (χ3n) is 7.51. The van der Waals surface area contributed by atoms with Crippen LogP contribution in [-0.4, -0.2) is 43.9 Å². The minimum absolute atomic E-state index is 0.0900. The number of benzene rings is 2. The molecule has 224 valence electrons. The lowest BCUT2D eigenvalue weighted by Crippen LogP contribution is -2.32. The van der Waals surface area contributed by atoms with E-state index >= 15 is 0 Å². The summed E-state index contributed by atoms with van der Waals surface area (Å²) in [4.78, 5) is 41.6. The lowest BCUT2D eigenvalue weighted by Gasteiger charge is -2.21. The maximum atomic E-state index is 14.8. The SMILES string of the molecule is CCOC(=O)c1c(C(=O)c2cn(C)c3ccc(C)cc23)c(-c2cn(C)c3ccc(C)cc23)n(NC(=O)OC(C)(C)C)c1C. The second-order valence-electron chi connectivity index (χ2n) is 12.0. The van der Waals surface area contributed by atoms with Gasteiger partial charge in [-0.1, -0.05) is 23.3 Å². The summed E-state index contributed by atoms with van der Waals surface area (Å²) in [5.41, 5.74) is 7.97. The number of rotatable bonds is 6. The first-order valence-electron chi connectivity index (χ1n) is 14.3. The number of aromatic nitrogens is 3. The number of hydrogen-bond acceptors (Lipinski definition) is 5. The standard InChI is InChI=1S/C34H38N4O5/c1-10-42-32(40)28-21(4)38(35-33(41)43-34(5,6)7)30(24-17-36(8)26-13-11-19(2)15-22(24)26)29(28)31(39)25-18-37(9)27-14-12-20(3)16-23(25)27/h11-18H,10H2,1-9H3,(H,35,41). The third kappa shape index (κ3) is 5.31. The van der Waals surface area contributed by atoms with Crippen LogP contribution in [0.5, 0.6) is 0 Å². The van der Waals surface area contributed by atoms with Gasteiger partial charge in [-0.15, -0.1) is 0 Å². The van der Waals surface area contributed by atoms with E-state index in [0.717, 1.165) is 32.9 Å². The van der Waals surface area contributed by atoms with E-state index in [0.29, 0.717) is 22.5 Å². The maximum absolute atomic E-state index is 14.8. The zero-order chi connectivity index (χ0) is 31.4. The highest BCUT2D eigenvalue weighted by Crippen LogP contribution is 2.39. The molecule has 0 saturated heterocycles. The number of nitrogens with one attached hydrogen (secondary N) is 1. The molecule has 0 unspecified atom stereocenters. The Morgan fingerprint density at radius 1 is 0.837 bits per heavy atom. The van der Waals surface area contributed by atoms with Gasteiger partial charge >= 0.3 is 12.1 Å². The van der Waals surface area contributed by atoms with Gasteiger partial charge in [0.05, 0.1) is 29.1 Å². The zero-order valence-corrected chi connectivity index (χ0v) is 26.2. The second-order valence-corrected chi connectivity index (χ2v) is 12.0. The fraction of sp³-hybridized carbons (Fsp3) is 0.324. The van der Waals surface area contributed by atoms with Crippen molar-refractivity contribution in [1.29, 1.82) is 0 Å². The molecule has 43 heavy (non-hydrogen) atoms. The molecule has 0 spiro atoms. The number of carbonyl (C=O) groups excluding carboxylic acids is 3. The fourth-order valence-corrected chi connectivity index (χ4v) is 5.67. The molecule has 0 saturated carbocycles. The van der Waals surface area contributed by atoms with Crippen molar-refractivity contribution in [2.45, 2.75) is 54.1 Å². The van der Waals surface area contributed by atoms with Gasteiger partial charge in [0.1, 0.15) is 5.60 Å². The molecule has 3 aromatic heterocycles. The van der Waals surface area contributed by atoms with Crippen molar-refractivity contribution < 1.29 is 23.9 Å². The Bertz CT molecular complexity index is 1930. The molecule has 9 nitrogen and oxygen atoms in total. The summed E-state index contributed by atoms with van der Waals surface area (Å²) in [5, 5.41) is 1.64. The number of carbonyl (C=O) groups is 3. The summed E-state index contributed by atoms with van der Waals surface area (Å²) in [7, 11) is 3.80. The van der Waals surface area contributed by atoms with Crippen LogP contribution in [0.1, 0.15) is 70.8 Å². The van der Waals surface area contributed by atoms with Crippen LogP contribution in [-0.2, 0) is 23.6 Å². The number of esters is 1. The summed E-state index contributed by atoms with van der Waals surface area (Å²) in [6.45, 7) is 12.8. The van der Waals surface area contributed by atoms with E-state index in [9.17, 15) is 14.4 Å². The molecule has 0 radical (unpaired) electrons. The van der Waals surface area contributed by atoms with E-state index in [1.807, 2.05) is 79.7 Å². The number of fused-ring (bicyclic) bond motifs is 2. The van der Waals surface area contributed by atoms with Crippen LogP contribution in [0.3, 0.4) is 0 Å².